The van der Waals surface area contributed by atoms with Crippen molar-refractivity contribution in [1.29, 1.82) is 0 Å². The molecule has 0 aliphatic heterocycles. The Morgan fingerprint density at radius 3 is 1.76 bits per heavy atom. The average Bonchev–Trinajstić information content (AvgIpc) is 2.86. The quantitative estimate of drug-likeness (QED) is 0.136. The topological polar surface area (TPSA) is 55.4 Å². The lowest BCUT2D eigenvalue weighted by Gasteiger charge is -2.21. The lowest BCUT2D eigenvalue weighted by Crippen LogP contribution is -2.45. The maximum atomic E-state index is 12.9. The Balaban J connectivity index is 2.17. The summed E-state index contributed by atoms with van der Waals surface area (Å²) in [5, 5.41) is 2.53. The van der Waals surface area contributed by atoms with Crippen molar-refractivity contribution in [1.82, 2.24) is 5.32 Å². The Hall–Kier alpha value is -2.05. The van der Waals surface area contributed by atoms with E-state index in [0.29, 0.717) is 0 Å². The highest BCUT2D eigenvalue weighted by Crippen LogP contribution is 2.29. The molecule has 0 aliphatic rings. The van der Waals surface area contributed by atoms with Crippen molar-refractivity contribution < 1.29 is 27.5 Å². The molecular formula is C30H48F3NO3. The molecule has 1 aromatic carbocycles. The molecule has 0 bridgehead atoms. The maximum absolute atomic E-state index is 12.9. The van der Waals surface area contributed by atoms with Crippen LogP contribution in [0, 0.1) is 5.92 Å². The molecule has 4 nitrogen and oxygen atoms in total. The van der Waals surface area contributed by atoms with Crippen LogP contribution in [0.15, 0.2) is 24.3 Å². The zero-order valence-electron chi connectivity index (χ0n) is 23.1. The molecule has 0 aliphatic carbocycles. The summed E-state index contributed by atoms with van der Waals surface area (Å²) in [5.74, 6) is -1.54. The smallest absolute Gasteiger partial charge is 0.416 e. The minimum Gasteiger partial charge on any atom is -0.464 e. The molecule has 0 spiro atoms. The van der Waals surface area contributed by atoms with Gasteiger partial charge in [0.2, 0.25) is 0 Å². The van der Waals surface area contributed by atoms with E-state index in [9.17, 15) is 22.8 Å². The molecule has 0 fully saturated rings. The summed E-state index contributed by atoms with van der Waals surface area (Å²) in [7, 11) is 0. The van der Waals surface area contributed by atoms with Gasteiger partial charge in [0.25, 0.3) is 5.91 Å². The summed E-state index contributed by atoms with van der Waals surface area (Å²) < 4.78 is 44.2. The molecule has 37 heavy (non-hydrogen) atoms. The van der Waals surface area contributed by atoms with Gasteiger partial charge in [0.05, 0.1) is 12.2 Å². The Morgan fingerprint density at radius 2 is 1.30 bits per heavy atom. The van der Waals surface area contributed by atoms with Crippen molar-refractivity contribution in [2.45, 2.75) is 129 Å². The van der Waals surface area contributed by atoms with E-state index in [-0.39, 0.29) is 18.1 Å². The number of ether oxygens (including phenoxy) is 1. The van der Waals surface area contributed by atoms with E-state index in [0.717, 1.165) is 31.4 Å². The minimum atomic E-state index is -4.54. The van der Waals surface area contributed by atoms with Crippen LogP contribution in [0.3, 0.4) is 0 Å². The molecule has 0 saturated heterocycles. The number of hydrogen-bond donors (Lipinski definition) is 1. The summed E-state index contributed by atoms with van der Waals surface area (Å²) in [4.78, 5) is 25.0. The standard InChI is InChI=1S/C30H48F3NO3/c1-4-5-6-7-8-9-10-11-12-13-14-15-16-17-18-22-37-29(36)27(24(2)3)34-28(35)25-20-19-21-26(23-25)30(31,32)33/h19-21,23-24,27H,4-18,22H2,1-3H3,(H,34,35). The summed E-state index contributed by atoms with van der Waals surface area (Å²) in [6.07, 6.45) is 14.2. The van der Waals surface area contributed by atoms with Crippen LogP contribution in [0.5, 0.6) is 0 Å². The van der Waals surface area contributed by atoms with Gasteiger partial charge in [0.15, 0.2) is 0 Å². The largest absolute Gasteiger partial charge is 0.464 e. The highest BCUT2D eigenvalue weighted by molar-refractivity contribution is 5.97. The first kappa shape index (κ1) is 33.0. The van der Waals surface area contributed by atoms with E-state index in [4.69, 9.17) is 4.74 Å². The third kappa shape index (κ3) is 15.1. The minimum absolute atomic E-state index is 0.143. The fraction of sp³-hybridized carbons (Fsp3) is 0.733. The van der Waals surface area contributed by atoms with Crippen LogP contribution in [0.2, 0.25) is 0 Å². The molecule has 7 heteroatoms. The third-order valence-corrected chi connectivity index (χ3v) is 6.65. The number of nitrogens with one attached hydrogen (secondary N) is 1. The van der Waals surface area contributed by atoms with E-state index in [2.05, 4.69) is 12.2 Å². The van der Waals surface area contributed by atoms with Gasteiger partial charge in [-0.25, -0.2) is 4.79 Å². The molecule has 0 heterocycles. The van der Waals surface area contributed by atoms with Gasteiger partial charge < -0.3 is 10.1 Å². The average molecular weight is 528 g/mol. The van der Waals surface area contributed by atoms with Gasteiger partial charge in [-0.3, -0.25) is 4.79 Å². The van der Waals surface area contributed by atoms with Crippen LogP contribution in [-0.4, -0.2) is 24.5 Å². The Bertz CT molecular complexity index is 765. The van der Waals surface area contributed by atoms with Crippen LogP contribution in [0.25, 0.3) is 0 Å². The number of halogens is 3. The molecule has 0 saturated carbocycles. The zero-order chi connectivity index (χ0) is 27.5. The molecule has 1 rings (SSSR count). The van der Waals surface area contributed by atoms with Gasteiger partial charge >= 0.3 is 12.1 Å². The Morgan fingerprint density at radius 1 is 0.811 bits per heavy atom. The fourth-order valence-electron chi connectivity index (χ4n) is 4.30. The van der Waals surface area contributed by atoms with E-state index in [1.54, 1.807) is 13.8 Å². The van der Waals surface area contributed by atoms with E-state index >= 15 is 0 Å². The van der Waals surface area contributed by atoms with Gasteiger partial charge in [-0.15, -0.1) is 0 Å². The highest BCUT2D eigenvalue weighted by Gasteiger charge is 2.32. The fourth-order valence-corrected chi connectivity index (χ4v) is 4.30. The second-order valence-corrected chi connectivity index (χ2v) is 10.4. The maximum Gasteiger partial charge on any atom is 0.416 e. The van der Waals surface area contributed by atoms with Crippen molar-refractivity contribution >= 4 is 11.9 Å². The van der Waals surface area contributed by atoms with Crippen LogP contribution in [-0.2, 0) is 15.7 Å². The summed E-state index contributed by atoms with van der Waals surface area (Å²) in [6, 6.07) is 3.24. The molecular weight excluding hydrogens is 479 g/mol. The second-order valence-electron chi connectivity index (χ2n) is 10.4. The number of unbranched alkanes of at least 4 members (excludes halogenated alkanes) is 14. The monoisotopic (exact) mass is 527 g/mol. The lowest BCUT2D eigenvalue weighted by atomic mass is 10.0. The van der Waals surface area contributed by atoms with Crippen LogP contribution in [0.1, 0.15) is 133 Å². The molecule has 0 aromatic heterocycles. The van der Waals surface area contributed by atoms with Crippen molar-refractivity contribution in [3.05, 3.63) is 35.4 Å². The third-order valence-electron chi connectivity index (χ3n) is 6.65. The summed E-state index contributed by atoms with van der Waals surface area (Å²) >= 11 is 0. The Kier molecular flexibility index (Phi) is 17.0. The van der Waals surface area contributed by atoms with Crippen molar-refractivity contribution in [3.8, 4) is 0 Å². The Labute approximate surface area is 222 Å². The van der Waals surface area contributed by atoms with E-state index in [1.165, 1.54) is 89.2 Å². The molecule has 1 aromatic rings. The lowest BCUT2D eigenvalue weighted by molar-refractivity contribution is -0.147. The molecule has 212 valence electrons. The molecule has 1 unspecified atom stereocenters. The normalized spacial score (nSPS) is 12.5. The SMILES string of the molecule is CCCCCCCCCCCCCCCCCOC(=O)C(NC(=O)c1cccc(C(F)(F)F)c1)C(C)C. The number of carbonyl (C=O) groups excluding carboxylic acids is 2. The predicted octanol–water partition coefficient (Wildman–Crippen LogP) is 8.87. The number of carbonyl (C=O) groups is 2. The summed E-state index contributed by atoms with van der Waals surface area (Å²) in [5.41, 5.74) is -1.05. The van der Waals surface area contributed by atoms with Crippen LogP contribution < -0.4 is 5.32 Å². The van der Waals surface area contributed by atoms with Crippen LogP contribution >= 0.6 is 0 Å². The first-order chi connectivity index (χ1) is 17.7. The van der Waals surface area contributed by atoms with Gasteiger partial charge in [-0.1, -0.05) is 117 Å². The van der Waals surface area contributed by atoms with Crippen molar-refractivity contribution in [3.63, 3.8) is 0 Å². The van der Waals surface area contributed by atoms with E-state index in [1.807, 2.05) is 0 Å². The van der Waals surface area contributed by atoms with Crippen molar-refractivity contribution in [2.24, 2.45) is 5.92 Å². The molecule has 1 amide bonds. The number of benzene rings is 1. The summed E-state index contributed by atoms with van der Waals surface area (Å²) in [6.45, 7) is 6.04. The second kappa shape index (κ2) is 19.1. The predicted molar refractivity (Wildman–Crippen MR) is 143 cm³/mol. The highest BCUT2D eigenvalue weighted by atomic mass is 19.4. The first-order valence-corrected chi connectivity index (χ1v) is 14.3. The van der Waals surface area contributed by atoms with Gasteiger partial charge in [-0.2, -0.15) is 13.2 Å². The molecule has 0 radical (unpaired) electrons. The van der Waals surface area contributed by atoms with Gasteiger partial charge in [0.1, 0.15) is 6.04 Å². The number of amides is 1. The van der Waals surface area contributed by atoms with Gasteiger partial charge in [0, 0.05) is 5.56 Å². The zero-order valence-corrected chi connectivity index (χ0v) is 23.1. The molecule has 1 N–H and O–H groups in total. The van der Waals surface area contributed by atoms with Gasteiger partial charge in [-0.05, 0) is 30.5 Å². The number of alkyl halides is 3. The number of esters is 1. The number of rotatable bonds is 20. The number of hydrogen-bond acceptors (Lipinski definition) is 3. The van der Waals surface area contributed by atoms with E-state index < -0.39 is 29.7 Å². The van der Waals surface area contributed by atoms with Crippen molar-refractivity contribution in [2.75, 3.05) is 6.61 Å². The van der Waals surface area contributed by atoms with Crippen LogP contribution in [0.4, 0.5) is 13.2 Å². The first-order valence-electron chi connectivity index (χ1n) is 14.3. The molecule has 1 atom stereocenters.